The molecular formula is C23H27NO5. The molecule has 1 saturated heterocycles. The lowest BCUT2D eigenvalue weighted by Gasteiger charge is -2.27. The van der Waals surface area contributed by atoms with E-state index >= 15 is 0 Å². The Kier molecular flexibility index (Phi) is 5.62. The maximum atomic E-state index is 11.4. The van der Waals surface area contributed by atoms with Crippen molar-refractivity contribution in [3.8, 4) is 17.2 Å². The molecule has 2 heterocycles. The normalized spacial score (nSPS) is 21.0. The highest BCUT2D eigenvalue weighted by Crippen LogP contribution is 2.33. The minimum absolute atomic E-state index is 0.238. The van der Waals surface area contributed by atoms with Crippen LogP contribution in [0, 0.1) is 0 Å². The summed E-state index contributed by atoms with van der Waals surface area (Å²) in [4.78, 5) is 13.8. The van der Waals surface area contributed by atoms with Gasteiger partial charge >= 0.3 is 5.97 Å². The zero-order valence-electron chi connectivity index (χ0n) is 17.0. The van der Waals surface area contributed by atoms with E-state index in [4.69, 9.17) is 18.9 Å². The van der Waals surface area contributed by atoms with Gasteiger partial charge in [-0.1, -0.05) is 18.2 Å². The van der Waals surface area contributed by atoms with E-state index in [0.29, 0.717) is 13.2 Å². The van der Waals surface area contributed by atoms with Crippen molar-refractivity contribution < 1.29 is 23.7 Å². The Hall–Kier alpha value is -2.73. The van der Waals surface area contributed by atoms with Crippen molar-refractivity contribution in [2.24, 2.45) is 0 Å². The first-order valence-electron chi connectivity index (χ1n) is 9.99. The lowest BCUT2D eigenvalue weighted by molar-refractivity contribution is -0.139. The van der Waals surface area contributed by atoms with Crippen LogP contribution in [0.2, 0.25) is 0 Å². The van der Waals surface area contributed by atoms with E-state index in [-0.39, 0.29) is 18.0 Å². The number of esters is 1. The van der Waals surface area contributed by atoms with Crippen LogP contribution in [-0.2, 0) is 22.5 Å². The van der Waals surface area contributed by atoms with E-state index < -0.39 is 0 Å². The summed E-state index contributed by atoms with van der Waals surface area (Å²) in [6.45, 7) is 6.05. The van der Waals surface area contributed by atoms with Gasteiger partial charge in [0.05, 0.1) is 13.5 Å². The van der Waals surface area contributed by atoms with Crippen LogP contribution in [0.5, 0.6) is 17.2 Å². The molecule has 0 radical (unpaired) electrons. The average Bonchev–Trinajstić information content (AvgIpc) is 3.09. The number of likely N-dealkylation sites (tertiary alicyclic amines) is 1. The first-order chi connectivity index (χ1) is 14.0. The van der Waals surface area contributed by atoms with Crippen LogP contribution in [0.1, 0.15) is 24.5 Å². The summed E-state index contributed by atoms with van der Waals surface area (Å²) in [7, 11) is 1.40. The van der Waals surface area contributed by atoms with E-state index in [9.17, 15) is 4.79 Å². The molecule has 1 unspecified atom stereocenters. The number of ether oxygens (including phenoxy) is 4. The Morgan fingerprint density at radius 2 is 1.79 bits per heavy atom. The van der Waals surface area contributed by atoms with Gasteiger partial charge in [0, 0.05) is 26.1 Å². The van der Waals surface area contributed by atoms with Crippen LogP contribution < -0.4 is 14.2 Å². The largest absolute Gasteiger partial charge is 0.486 e. The first-order valence-corrected chi connectivity index (χ1v) is 9.99. The molecule has 29 heavy (non-hydrogen) atoms. The molecule has 0 aromatic heterocycles. The molecule has 2 aromatic carbocycles. The maximum Gasteiger partial charge on any atom is 0.309 e. The molecule has 0 aliphatic carbocycles. The Morgan fingerprint density at radius 3 is 2.55 bits per heavy atom. The lowest BCUT2D eigenvalue weighted by Crippen LogP contribution is -2.35. The Morgan fingerprint density at radius 1 is 1.07 bits per heavy atom. The fourth-order valence-corrected chi connectivity index (χ4v) is 3.89. The highest BCUT2D eigenvalue weighted by Gasteiger charge is 2.35. The van der Waals surface area contributed by atoms with Crippen molar-refractivity contribution in [3.63, 3.8) is 0 Å². The summed E-state index contributed by atoms with van der Waals surface area (Å²) < 4.78 is 22.3. The quantitative estimate of drug-likeness (QED) is 0.698. The zero-order valence-corrected chi connectivity index (χ0v) is 17.0. The highest BCUT2D eigenvalue weighted by atomic mass is 16.6. The molecule has 154 valence electrons. The van der Waals surface area contributed by atoms with E-state index in [1.807, 2.05) is 30.3 Å². The number of hydrogen-bond acceptors (Lipinski definition) is 6. The van der Waals surface area contributed by atoms with Gasteiger partial charge in [-0.25, -0.2) is 0 Å². The second-order valence-corrected chi connectivity index (χ2v) is 7.89. The molecule has 0 bridgehead atoms. The van der Waals surface area contributed by atoms with Crippen molar-refractivity contribution in [3.05, 3.63) is 53.6 Å². The van der Waals surface area contributed by atoms with Crippen molar-refractivity contribution in [1.29, 1.82) is 0 Å². The van der Waals surface area contributed by atoms with Gasteiger partial charge in [-0.2, -0.15) is 0 Å². The number of methoxy groups -OCH3 is 1. The summed E-state index contributed by atoms with van der Waals surface area (Å²) in [6.07, 6.45) is 1.23. The van der Waals surface area contributed by atoms with Gasteiger partial charge in [0.15, 0.2) is 11.5 Å². The maximum absolute atomic E-state index is 11.4. The fourth-order valence-electron chi connectivity index (χ4n) is 3.89. The molecule has 0 N–H and O–H groups in total. The van der Waals surface area contributed by atoms with Gasteiger partial charge < -0.3 is 18.9 Å². The number of benzene rings is 2. The van der Waals surface area contributed by atoms with Crippen LogP contribution in [0.25, 0.3) is 0 Å². The first kappa shape index (κ1) is 19.6. The number of rotatable bonds is 6. The molecule has 1 fully saturated rings. The third-order valence-corrected chi connectivity index (χ3v) is 5.39. The standard InChI is InChI=1S/C23H27NO5/c1-23(29-19-6-3-17(4-7-19)14-22(25)26-2)9-10-24(16-23)15-18-5-8-20-21(13-18)28-12-11-27-20/h3-8,13H,9-12,14-16H2,1-2H3. The molecule has 0 saturated carbocycles. The number of nitrogens with zero attached hydrogens (tertiary/aromatic N) is 1. The van der Waals surface area contributed by atoms with Gasteiger partial charge in [0.25, 0.3) is 0 Å². The third kappa shape index (κ3) is 4.82. The van der Waals surface area contributed by atoms with Gasteiger partial charge in [-0.3, -0.25) is 9.69 Å². The second-order valence-electron chi connectivity index (χ2n) is 7.89. The van der Waals surface area contributed by atoms with Crippen molar-refractivity contribution in [2.45, 2.75) is 31.9 Å². The monoisotopic (exact) mass is 397 g/mol. The van der Waals surface area contributed by atoms with Gasteiger partial charge in [-0.15, -0.1) is 0 Å². The predicted molar refractivity (Wildman–Crippen MR) is 109 cm³/mol. The molecular weight excluding hydrogens is 370 g/mol. The average molecular weight is 397 g/mol. The molecule has 1 atom stereocenters. The smallest absolute Gasteiger partial charge is 0.309 e. The fraction of sp³-hybridized carbons (Fsp3) is 0.435. The molecule has 0 spiro atoms. The minimum Gasteiger partial charge on any atom is -0.486 e. The van der Waals surface area contributed by atoms with Crippen LogP contribution in [0.4, 0.5) is 0 Å². The molecule has 6 heteroatoms. The predicted octanol–water partition coefficient (Wildman–Crippen LogP) is 3.22. The Bertz CT molecular complexity index is 866. The Balaban J connectivity index is 1.34. The summed E-state index contributed by atoms with van der Waals surface area (Å²) in [6, 6.07) is 13.8. The van der Waals surface area contributed by atoms with Crippen molar-refractivity contribution in [1.82, 2.24) is 4.90 Å². The van der Waals surface area contributed by atoms with Crippen LogP contribution in [0.3, 0.4) is 0 Å². The van der Waals surface area contributed by atoms with Crippen LogP contribution >= 0.6 is 0 Å². The molecule has 2 aliphatic rings. The lowest BCUT2D eigenvalue weighted by atomic mass is 10.1. The van der Waals surface area contributed by atoms with Gasteiger partial charge in [-0.05, 0) is 42.3 Å². The number of carbonyl (C=O) groups excluding carboxylic acids is 1. The summed E-state index contributed by atoms with van der Waals surface area (Å²) >= 11 is 0. The molecule has 0 amide bonds. The summed E-state index contributed by atoms with van der Waals surface area (Å²) in [5, 5.41) is 0. The highest BCUT2D eigenvalue weighted by molar-refractivity contribution is 5.72. The van der Waals surface area contributed by atoms with Gasteiger partial charge in [0.1, 0.15) is 24.6 Å². The van der Waals surface area contributed by atoms with E-state index in [1.54, 1.807) is 0 Å². The number of hydrogen-bond donors (Lipinski definition) is 0. The molecule has 2 aromatic rings. The molecule has 4 rings (SSSR count). The number of fused-ring (bicyclic) bond motifs is 1. The van der Waals surface area contributed by atoms with Crippen molar-refractivity contribution in [2.75, 3.05) is 33.4 Å². The third-order valence-electron chi connectivity index (χ3n) is 5.39. The molecule has 2 aliphatic heterocycles. The zero-order chi connectivity index (χ0) is 20.3. The van der Waals surface area contributed by atoms with E-state index in [1.165, 1.54) is 12.7 Å². The molecule has 6 nitrogen and oxygen atoms in total. The SMILES string of the molecule is COC(=O)Cc1ccc(OC2(C)CCN(Cc3ccc4c(c3)OCCO4)C2)cc1. The summed E-state index contributed by atoms with van der Waals surface area (Å²) in [5.41, 5.74) is 1.89. The second kappa shape index (κ2) is 8.33. The summed E-state index contributed by atoms with van der Waals surface area (Å²) in [5.74, 6) is 2.24. The Labute approximate surface area is 171 Å². The topological polar surface area (TPSA) is 57.2 Å². The van der Waals surface area contributed by atoms with Crippen LogP contribution in [-0.4, -0.2) is 49.9 Å². The van der Waals surface area contributed by atoms with Crippen molar-refractivity contribution >= 4 is 5.97 Å². The van der Waals surface area contributed by atoms with E-state index in [0.717, 1.165) is 48.9 Å². The van der Waals surface area contributed by atoms with E-state index in [2.05, 4.69) is 24.0 Å². The number of carbonyl (C=O) groups is 1. The minimum atomic E-state index is -0.240. The van der Waals surface area contributed by atoms with Gasteiger partial charge in [0.2, 0.25) is 0 Å². The van der Waals surface area contributed by atoms with Crippen LogP contribution in [0.15, 0.2) is 42.5 Å².